The number of hydrogen-bond acceptors (Lipinski definition) is 6. The maximum Gasteiger partial charge on any atom is 0.234 e. The fourth-order valence-electron chi connectivity index (χ4n) is 4.44. The van der Waals surface area contributed by atoms with E-state index in [2.05, 4.69) is 31.5 Å². The maximum absolute atomic E-state index is 12.1. The Balaban J connectivity index is 1.34. The molecule has 0 saturated carbocycles. The lowest BCUT2D eigenvalue weighted by molar-refractivity contribution is -0.134. The Morgan fingerprint density at radius 2 is 1.81 bits per heavy atom. The van der Waals surface area contributed by atoms with Crippen LogP contribution in [-0.4, -0.2) is 67.5 Å². The van der Waals surface area contributed by atoms with Gasteiger partial charge in [-0.15, -0.1) is 0 Å². The van der Waals surface area contributed by atoms with E-state index in [0.29, 0.717) is 12.8 Å². The summed E-state index contributed by atoms with van der Waals surface area (Å²) in [5.74, 6) is 0.189. The van der Waals surface area contributed by atoms with Gasteiger partial charge >= 0.3 is 0 Å². The predicted octanol–water partition coefficient (Wildman–Crippen LogP) is 0.723. The smallest absolute Gasteiger partial charge is 0.234 e. The van der Waals surface area contributed by atoms with Crippen LogP contribution in [0, 0.1) is 5.92 Å². The molecule has 0 aliphatic carbocycles. The van der Waals surface area contributed by atoms with Gasteiger partial charge in [0.25, 0.3) is 0 Å². The van der Waals surface area contributed by atoms with Crippen LogP contribution < -0.4 is 15.5 Å². The van der Waals surface area contributed by atoms with E-state index < -0.39 is 0 Å². The van der Waals surface area contributed by atoms with E-state index >= 15 is 0 Å². The lowest BCUT2D eigenvalue weighted by atomic mass is 9.91. The topological polar surface area (TPSA) is 77.6 Å². The number of piperazine rings is 1. The summed E-state index contributed by atoms with van der Waals surface area (Å²) in [6, 6.07) is 2.08. The minimum atomic E-state index is -0.267. The number of nitrogens with one attached hydrogen (secondary N) is 2. The van der Waals surface area contributed by atoms with Crippen molar-refractivity contribution in [2.75, 3.05) is 50.7 Å². The van der Waals surface area contributed by atoms with Gasteiger partial charge in [-0.25, -0.2) is 0 Å². The highest BCUT2D eigenvalue weighted by Crippen LogP contribution is 2.27. The minimum Gasteiger partial charge on any atom is -0.368 e. The monoisotopic (exact) mass is 371 g/mol. The molecule has 0 radical (unpaired) electrons. The number of amides is 2. The molecule has 3 aliphatic rings. The number of carbonyl (C=O) groups excluding carboxylic acids is 2. The highest BCUT2D eigenvalue weighted by atomic mass is 16.2. The summed E-state index contributed by atoms with van der Waals surface area (Å²) in [5.41, 5.74) is 1.99. The van der Waals surface area contributed by atoms with E-state index in [-0.39, 0.29) is 17.7 Å². The second-order valence-electron chi connectivity index (χ2n) is 7.96. The van der Waals surface area contributed by atoms with Gasteiger partial charge in [0.1, 0.15) is 0 Å². The van der Waals surface area contributed by atoms with E-state index in [9.17, 15) is 9.59 Å². The molecule has 0 bridgehead atoms. The molecule has 3 fully saturated rings. The number of nitrogens with zero attached hydrogens (tertiary/aromatic N) is 3. The van der Waals surface area contributed by atoms with Gasteiger partial charge in [-0.3, -0.25) is 24.8 Å². The van der Waals surface area contributed by atoms with Gasteiger partial charge in [-0.05, 0) is 49.9 Å². The van der Waals surface area contributed by atoms with Crippen molar-refractivity contribution in [3.05, 3.63) is 24.0 Å². The molecule has 27 heavy (non-hydrogen) atoms. The third kappa shape index (κ3) is 4.47. The minimum absolute atomic E-state index is 0.176. The number of piperidine rings is 2. The average molecular weight is 371 g/mol. The molecule has 3 aliphatic heterocycles. The quantitative estimate of drug-likeness (QED) is 0.760. The molecule has 146 valence electrons. The fraction of sp³-hybridized carbons (Fsp3) is 0.650. The first-order valence-electron chi connectivity index (χ1n) is 10.2. The van der Waals surface area contributed by atoms with Gasteiger partial charge < -0.3 is 10.2 Å². The lowest BCUT2D eigenvalue weighted by Gasteiger charge is -2.38. The van der Waals surface area contributed by atoms with Crippen LogP contribution in [-0.2, 0) is 9.59 Å². The Hall–Kier alpha value is -1.99. The summed E-state index contributed by atoms with van der Waals surface area (Å²) >= 11 is 0. The number of pyridine rings is 1. The zero-order chi connectivity index (χ0) is 18.6. The lowest BCUT2D eigenvalue weighted by Crippen LogP contribution is -2.48. The maximum atomic E-state index is 12.1. The molecule has 4 rings (SSSR count). The first-order valence-corrected chi connectivity index (χ1v) is 10.2. The van der Waals surface area contributed by atoms with Gasteiger partial charge in [0.05, 0.1) is 17.8 Å². The molecule has 0 spiro atoms. The number of hydrogen-bond donors (Lipinski definition) is 2. The zero-order valence-corrected chi connectivity index (χ0v) is 15.8. The summed E-state index contributed by atoms with van der Waals surface area (Å²) in [5, 5.41) is 5.88. The van der Waals surface area contributed by atoms with Crippen molar-refractivity contribution >= 4 is 17.5 Å². The summed E-state index contributed by atoms with van der Waals surface area (Å²) in [7, 11) is 0. The van der Waals surface area contributed by atoms with Crippen LogP contribution >= 0.6 is 0 Å². The molecule has 3 saturated heterocycles. The van der Waals surface area contributed by atoms with Crippen LogP contribution in [0.15, 0.2) is 18.5 Å². The van der Waals surface area contributed by atoms with E-state index in [1.807, 2.05) is 6.20 Å². The Morgan fingerprint density at radius 3 is 2.56 bits per heavy atom. The van der Waals surface area contributed by atoms with Crippen LogP contribution in [0.4, 0.5) is 5.69 Å². The number of imide groups is 1. The highest BCUT2D eigenvalue weighted by Gasteiger charge is 2.29. The molecule has 2 amide bonds. The van der Waals surface area contributed by atoms with Crippen LogP contribution in [0.2, 0.25) is 0 Å². The van der Waals surface area contributed by atoms with Gasteiger partial charge in [-0.1, -0.05) is 0 Å². The number of rotatable bonds is 4. The SMILES string of the molecule is O=C1CCC(c2cncc(N3CCN(CC4CCNCC4)CC3)c2)C(=O)N1. The molecule has 0 aromatic carbocycles. The van der Waals surface area contributed by atoms with Crippen LogP contribution in [0.1, 0.15) is 37.2 Å². The zero-order valence-electron chi connectivity index (χ0n) is 15.8. The van der Waals surface area contributed by atoms with Crippen molar-refractivity contribution in [2.45, 2.75) is 31.6 Å². The van der Waals surface area contributed by atoms with E-state index in [1.165, 1.54) is 19.4 Å². The van der Waals surface area contributed by atoms with Crippen LogP contribution in [0.3, 0.4) is 0 Å². The molecule has 1 unspecified atom stereocenters. The van der Waals surface area contributed by atoms with Crippen LogP contribution in [0.5, 0.6) is 0 Å². The molecule has 7 nitrogen and oxygen atoms in total. The molecule has 1 aromatic heterocycles. The highest BCUT2D eigenvalue weighted by molar-refractivity contribution is 6.00. The second kappa shape index (κ2) is 8.35. The van der Waals surface area contributed by atoms with Gasteiger partial charge in [0.2, 0.25) is 11.8 Å². The van der Waals surface area contributed by atoms with Crippen molar-refractivity contribution in [3.8, 4) is 0 Å². The van der Waals surface area contributed by atoms with Crippen molar-refractivity contribution in [1.29, 1.82) is 0 Å². The molecular weight excluding hydrogens is 342 g/mol. The van der Waals surface area contributed by atoms with E-state index in [4.69, 9.17) is 0 Å². The molecule has 7 heteroatoms. The first kappa shape index (κ1) is 18.4. The fourth-order valence-corrected chi connectivity index (χ4v) is 4.44. The molecule has 4 heterocycles. The van der Waals surface area contributed by atoms with Crippen molar-refractivity contribution in [2.24, 2.45) is 5.92 Å². The van der Waals surface area contributed by atoms with Gasteiger partial charge in [0, 0.05) is 45.3 Å². The van der Waals surface area contributed by atoms with Crippen molar-refractivity contribution in [3.63, 3.8) is 0 Å². The van der Waals surface area contributed by atoms with Crippen molar-refractivity contribution < 1.29 is 9.59 Å². The van der Waals surface area contributed by atoms with E-state index in [1.54, 1.807) is 6.20 Å². The second-order valence-corrected chi connectivity index (χ2v) is 7.96. The molecule has 1 aromatic rings. The summed E-state index contributed by atoms with van der Waals surface area (Å²) in [6.45, 7) is 7.66. The molecular formula is C20H29N5O2. The van der Waals surface area contributed by atoms with E-state index in [0.717, 1.165) is 56.4 Å². The molecule has 2 N–H and O–H groups in total. The summed E-state index contributed by atoms with van der Waals surface area (Å²) in [4.78, 5) is 32.8. The summed E-state index contributed by atoms with van der Waals surface area (Å²) < 4.78 is 0. The largest absolute Gasteiger partial charge is 0.368 e. The standard InChI is InChI=1S/C20H29N5O2/c26-19-2-1-18(20(27)23-19)16-11-17(13-22-12-16)25-9-7-24(8-10-25)14-15-3-5-21-6-4-15/h11-13,15,18,21H,1-10,14H2,(H,23,26,27). The third-order valence-electron chi connectivity index (χ3n) is 6.10. The van der Waals surface area contributed by atoms with Gasteiger partial charge in [0.15, 0.2) is 0 Å². The Labute approximate surface area is 160 Å². The Morgan fingerprint density at radius 1 is 1.04 bits per heavy atom. The first-order chi connectivity index (χ1) is 13.2. The van der Waals surface area contributed by atoms with Crippen LogP contribution in [0.25, 0.3) is 0 Å². The van der Waals surface area contributed by atoms with Crippen molar-refractivity contribution in [1.82, 2.24) is 20.5 Å². The number of aromatic nitrogens is 1. The average Bonchev–Trinajstić information content (AvgIpc) is 2.69. The Bertz CT molecular complexity index is 681. The van der Waals surface area contributed by atoms with Gasteiger partial charge in [-0.2, -0.15) is 0 Å². The number of anilines is 1. The normalized spacial score (nSPS) is 25.5. The third-order valence-corrected chi connectivity index (χ3v) is 6.10. The predicted molar refractivity (Wildman–Crippen MR) is 104 cm³/mol. The number of carbonyl (C=O) groups is 2. The Kier molecular flexibility index (Phi) is 5.69. The molecule has 1 atom stereocenters. The summed E-state index contributed by atoms with van der Waals surface area (Å²) in [6.07, 6.45) is 7.20.